The molecule has 1 amide bonds. The Morgan fingerprint density at radius 3 is 2.11 bits per heavy atom. The molecule has 0 aliphatic carbocycles. The van der Waals surface area contributed by atoms with Gasteiger partial charge in [-0.1, -0.05) is 72.8 Å². The zero-order valence-electron chi connectivity index (χ0n) is 19.1. The predicted molar refractivity (Wildman–Crippen MR) is 133 cm³/mol. The zero-order chi connectivity index (χ0) is 24.4. The number of hydrogen-bond acceptors (Lipinski definition) is 4. The van der Waals surface area contributed by atoms with Gasteiger partial charge in [0, 0.05) is 24.3 Å². The minimum atomic E-state index is -1.02. The first-order valence-corrected chi connectivity index (χ1v) is 11.5. The number of nitrogen functional groups attached to an aromatic ring is 1. The van der Waals surface area contributed by atoms with Crippen LogP contribution in [0.3, 0.4) is 0 Å². The fourth-order valence-corrected chi connectivity index (χ4v) is 4.72. The molecular weight excluding hydrogens is 440 g/mol. The maximum absolute atomic E-state index is 14.0. The van der Waals surface area contributed by atoms with Crippen LogP contribution in [-0.2, 0) is 29.1 Å². The number of rotatable bonds is 6. The van der Waals surface area contributed by atoms with Gasteiger partial charge in [-0.25, -0.2) is 9.78 Å². The Morgan fingerprint density at radius 1 is 0.943 bits per heavy atom. The van der Waals surface area contributed by atoms with Crippen LogP contribution in [0.4, 0.5) is 5.69 Å². The molecule has 7 heteroatoms. The molecule has 0 radical (unpaired) electrons. The van der Waals surface area contributed by atoms with Gasteiger partial charge >= 0.3 is 5.97 Å². The molecule has 4 aromatic rings. The third-order valence-electron chi connectivity index (χ3n) is 6.53. The van der Waals surface area contributed by atoms with Crippen molar-refractivity contribution >= 4 is 17.6 Å². The van der Waals surface area contributed by atoms with Crippen LogP contribution in [0.1, 0.15) is 34.0 Å². The Bertz CT molecular complexity index is 1290. The van der Waals surface area contributed by atoms with Crippen LogP contribution in [0.5, 0.6) is 0 Å². The summed E-state index contributed by atoms with van der Waals surface area (Å²) in [6.07, 6.45) is 1.92. The van der Waals surface area contributed by atoms with Crippen LogP contribution in [0.15, 0.2) is 91.3 Å². The molecule has 7 nitrogen and oxygen atoms in total. The van der Waals surface area contributed by atoms with Crippen LogP contribution in [0.25, 0.3) is 0 Å². The standard InChI is InChI=1S/C28H26N4O3/c29-22-13-11-19(12-14-22)16-31-18-30-23-17-32(25(28(34)35)15-24(23)31)27(33)26(20-7-3-1-4-8-20)21-9-5-2-6-10-21/h1-14,18,25-26H,15-17,29H2,(H,34,35)/t25-/m0/s1. The molecule has 5 rings (SSSR count). The van der Waals surface area contributed by atoms with Gasteiger partial charge in [0.2, 0.25) is 5.91 Å². The number of aliphatic carboxylic acids is 1. The van der Waals surface area contributed by atoms with Crippen molar-refractivity contribution < 1.29 is 14.7 Å². The number of amides is 1. The van der Waals surface area contributed by atoms with E-state index in [1.807, 2.05) is 89.5 Å². The minimum absolute atomic E-state index is 0.149. The summed E-state index contributed by atoms with van der Waals surface area (Å²) in [7, 11) is 0. The molecule has 0 bridgehead atoms. The fourth-order valence-electron chi connectivity index (χ4n) is 4.72. The number of nitrogens with zero attached hydrogens (tertiary/aromatic N) is 3. The molecule has 0 spiro atoms. The van der Waals surface area contributed by atoms with E-state index in [9.17, 15) is 14.7 Å². The summed E-state index contributed by atoms with van der Waals surface area (Å²) in [4.78, 5) is 32.4. The Morgan fingerprint density at radius 2 is 1.54 bits per heavy atom. The average Bonchev–Trinajstić information content (AvgIpc) is 3.27. The highest BCUT2D eigenvalue weighted by molar-refractivity contribution is 5.91. The minimum Gasteiger partial charge on any atom is -0.480 e. The van der Waals surface area contributed by atoms with E-state index in [1.165, 1.54) is 4.90 Å². The number of carboxylic acids is 1. The van der Waals surface area contributed by atoms with Crippen molar-refractivity contribution in [3.05, 3.63) is 119 Å². The molecule has 1 atom stereocenters. The number of carboxylic acid groups (broad SMARTS) is 1. The van der Waals surface area contributed by atoms with Gasteiger partial charge in [-0.05, 0) is 28.8 Å². The smallest absolute Gasteiger partial charge is 0.326 e. The molecule has 176 valence electrons. The first-order valence-electron chi connectivity index (χ1n) is 11.5. The number of benzene rings is 3. The Labute approximate surface area is 203 Å². The van der Waals surface area contributed by atoms with Gasteiger partial charge in [-0.3, -0.25) is 4.79 Å². The third-order valence-corrected chi connectivity index (χ3v) is 6.53. The summed E-state index contributed by atoms with van der Waals surface area (Å²) in [6.45, 7) is 0.704. The summed E-state index contributed by atoms with van der Waals surface area (Å²) < 4.78 is 1.96. The Hall–Kier alpha value is -4.39. The van der Waals surface area contributed by atoms with Crippen LogP contribution in [0.2, 0.25) is 0 Å². The van der Waals surface area contributed by atoms with E-state index >= 15 is 0 Å². The van der Waals surface area contributed by atoms with Gasteiger partial charge in [0.15, 0.2) is 0 Å². The maximum atomic E-state index is 14.0. The number of hydrogen-bond donors (Lipinski definition) is 2. The van der Waals surface area contributed by atoms with E-state index in [0.29, 0.717) is 12.2 Å². The lowest BCUT2D eigenvalue weighted by Crippen LogP contribution is -2.50. The molecule has 1 aromatic heterocycles. The van der Waals surface area contributed by atoms with E-state index in [1.54, 1.807) is 6.33 Å². The van der Waals surface area contributed by atoms with Gasteiger partial charge in [-0.2, -0.15) is 0 Å². The monoisotopic (exact) mass is 466 g/mol. The van der Waals surface area contributed by atoms with Crippen LogP contribution in [-0.4, -0.2) is 37.5 Å². The number of nitrogens with two attached hydrogens (primary N) is 1. The Balaban J connectivity index is 1.48. The van der Waals surface area contributed by atoms with E-state index < -0.39 is 17.9 Å². The normalized spacial score (nSPS) is 15.1. The van der Waals surface area contributed by atoms with Crippen LogP contribution in [0, 0.1) is 0 Å². The molecule has 1 aliphatic rings. The summed E-state index contributed by atoms with van der Waals surface area (Å²) in [5, 5.41) is 10.1. The highest BCUT2D eigenvalue weighted by Crippen LogP contribution is 2.32. The molecule has 1 aliphatic heterocycles. The lowest BCUT2D eigenvalue weighted by molar-refractivity contribution is -0.151. The Kier molecular flexibility index (Phi) is 6.06. The molecule has 3 N–H and O–H groups in total. The van der Waals surface area contributed by atoms with E-state index in [2.05, 4.69) is 4.98 Å². The molecule has 0 saturated carbocycles. The molecule has 35 heavy (non-hydrogen) atoms. The number of fused-ring (bicyclic) bond motifs is 1. The van der Waals surface area contributed by atoms with E-state index in [4.69, 9.17) is 5.73 Å². The highest BCUT2D eigenvalue weighted by Gasteiger charge is 2.40. The average molecular weight is 467 g/mol. The van der Waals surface area contributed by atoms with Crippen molar-refractivity contribution in [2.45, 2.75) is 31.5 Å². The topological polar surface area (TPSA) is 101 Å². The second-order valence-electron chi connectivity index (χ2n) is 8.79. The summed E-state index contributed by atoms with van der Waals surface area (Å²) in [6, 6.07) is 25.6. The van der Waals surface area contributed by atoms with Crippen molar-refractivity contribution in [1.82, 2.24) is 14.5 Å². The SMILES string of the molecule is Nc1ccc(Cn2cnc3c2C[C@@H](C(=O)O)N(C(=O)C(c2ccccc2)c2ccccc2)C3)cc1. The summed E-state index contributed by atoms with van der Waals surface area (Å²) in [5.41, 5.74) is 10.7. The predicted octanol–water partition coefficient (Wildman–Crippen LogP) is 3.68. The first kappa shape index (κ1) is 22.4. The van der Waals surface area contributed by atoms with E-state index in [0.717, 1.165) is 28.1 Å². The molecule has 0 unspecified atom stereocenters. The molecule has 2 heterocycles. The van der Waals surface area contributed by atoms with Crippen LogP contribution >= 0.6 is 0 Å². The number of imidazole rings is 1. The van der Waals surface area contributed by atoms with Gasteiger partial charge in [0.1, 0.15) is 6.04 Å². The quantitative estimate of drug-likeness (QED) is 0.422. The first-order chi connectivity index (χ1) is 17.0. The van der Waals surface area contributed by atoms with Crippen molar-refractivity contribution in [1.29, 1.82) is 0 Å². The lowest BCUT2D eigenvalue weighted by atomic mass is 9.88. The van der Waals surface area contributed by atoms with Crippen molar-refractivity contribution in [3.8, 4) is 0 Å². The number of anilines is 1. The largest absolute Gasteiger partial charge is 0.480 e. The second-order valence-corrected chi connectivity index (χ2v) is 8.79. The molecule has 0 saturated heterocycles. The van der Waals surface area contributed by atoms with Crippen LogP contribution < -0.4 is 5.73 Å². The number of aromatic nitrogens is 2. The molecule has 3 aromatic carbocycles. The number of carbonyl (C=O) groups excluding carboxylic acids is 1. The van der Waals surface area contributed by atoms with Crippen molar-refractivity contribution in [2.75, 3.05) is 5.73 Å². The third kappa shape index (κ3) is 4.53. The van der Waals surface area contributed by atoms with Gasteiger partial charge < -0.3 is 20.3 Å². The summed E-state index contributed by atoms with van der Waals surface area (Å²) in [5.74, 6) is -1.87. The summed E-state index contributed by atoms with van der Waals surface area (Å²) >= 11 is 0. The van der Waals surface area contributed by atoms with E-state index in [-0.39, 0.29) is 18.9 Å². The molecular formula is C28H26N4O3. The number of carbonyl (C=O) groups is 2. The van der Waals surface area contributed by atoms with Gasteiger partial charge in [0.05, 0.1) is 24.5 Å². The maximum Gasteiger partial charge on any atom is 0.326 e. The zero-order valence-corrected chi connectivity index (χ0v) is 19.1. The lowest BCUT2D eigenvalue weighted by Gasteiger charge is -2.35. The van der Waals surface area contributed by atoms with Gasteiger partial charge in [0.25, 0.3) is 0 Å². The fraction of sp³-hybridized carbons (Fsp3) is 0.179. The van der Waals surface area contributed by atoms with Gasteiger partial charge in [-0.15, -0.1) is 0 Å². The molecule has 0 fully saturated rings. The van der Waals surface area contributed by atoms with Crippen molar-refractivity contribution in [2.24, 2.45) is 0 Å². The second kappa shape index (κ2) is 9.46. The highest BCUT2D eigenvalue weighted by atomic mass is 16.4. The van der Waals surface area contributed by atoms with Crippen molar-refractivity contribution in [3.63, 3.8) is 0 Å².